The number of carboxylic acids is 1. The first kappa shape index (κ1) is 27.1. The van der Waals surface area contributed by atoms with Gasteiger partial charge in [-0.2, -0.15) is 0 Å². The van der Waals surface area contributed by atoms with Crippen LogP contribution < -0.4 is 5.32 Å². The molecule has 0 aliphatic rings. The lowest BCUT2D eigenvalue weighted by Crippen LogP contribution is -2.56. The maximum absolute atomic E-state index is 13.5. The van der Waals surface area contributed by atoms with Crippen molar-refractivity contribution in [3.63, 3.8) is 0 Å². The van der Waals surface area contributed by atoms with Gasteiger partial charge in [0.15, 0.2) is 0 Å². The summed E-state index contributed by atoms with van der Waals surface area (Å²) >= 11 is 0. The van der Waals surface area contributed by atoms with Crippen LogP contribution >= 0.6 is 0 Å². The summed E-state index contributed by atoms with van der Waals surface area (Å²) < 4.78 is 0. The molecule has 0 aliphatic heterocycles. The molecule has 0 unspecified atom stereocenters. The Balaban J connectivity index is 2.18. The Morgan fingerprint density at radius 3 is 2.26 bits per heavy atom. The van der Waals surface area contributed by atoms with Gasteiger partial charge in [0.25, 0.3) is 0 Å². The summed E-state index contributed by atoms with van der Waals surface area (Å²) in [5, 5.41) is 14.5. The number of aliphatic carboxylic acids is 1. The highest BCUT2D eigenvalue weighted by Crippen LogP contribution is 2.24. The molecular weight excluding hydrogens is 428 g/mol. The van der Waals surface area contributed by atoms with Crippen LogP contribution in [0, 0.1) is 11.3 Å². The Labute approximate surface area is 203 Å². The van der Waals surface area contributed by atoms with Crippen molar-refractivity contribution in [3.8, 4) is 0 Å². The Morgan fingerprint density at radius 1 is 1.06 bits per heavy atom. The molecule has 2 amide bonds. The number of nitrogens with zero attached hydrogens (tertiary/aromatic N) is 1. The van der Waals surface area contributed by atoms with Gasteiger partial charge in [-0.15, -0.1) is 0 Å². The molecule has 184 valence electrons. The first-order valence-electron chi connectivity index (χ1n) is 11.8. The molecule has 0 heterocycles. The Hall–Kier alpha value is -3.15. The summed E-state index contributed by atoms with van der Waals surface area (Å²) in [6.07, 6.45) is 2.44. The number of hydrogen-bond acceptors (Lipinski definition) is 3. The van der Waals surface area contributed by atoms with Crippen LogP contribution in [0.15, 0.2) is 54.1 Å². The highest BCUT2D eigenvalue weighted by Gasteiger charge is 2.36. The van der Waals surface area contributed by atoms with Gasteiger partial charge in [-0.05, 0) is 41.0 Å². The van der Waals surface area contributed by atoms with Crippen molar-refractivity contribution in [1.82, 2.24) is 10.2 Å². The third-order valence-corrected chi connectivity index (χ3v) is 6.16. The van der Waals surface area contributed by atoms with E-state index < -0.39 is 23.5 Å². The summed E-state index contributed by atoms with van der Waals surface area (Å²) in [6, 6.07) is 13.0. The fraction of sp³-hybridized carbons (Fsp3) is 0.464. The largest absolute Gasteiger partial charge is 0.478 e. The van der Waals surface area contributed by atoms with Crippen LogP contribution in [-0.4, -0.2) is 46.9 Å². The van der Waals surface area contributed by atoms with E-state index in [1.54, 1.807) is 18.0 Å². The van der Waals surface area contributed by atoms with Gasteiger partial charge in [-0.3, -0.25) is 9.59 Å². The molecule has 6 heteroatoms. The van der Waals surface area contributed by atoms with Crippen LogP contribution in [0.3, 0.4) is 0 Å². The fourth-order valence-electron chi connectivity index (χ4n) is 4.07. The Morgan fingerprint density at radius 2 is 1.68 bits per heavy atom. The molecule has 0 aliphatic carbocycles. The molecule has 2 N–H and O–H groups in total. The molecule has 0 spiro atoms. The van der Waals surface area contributed by atoms with Crippen LogP contribution in [0.5, 0.6) is 0 Å². The van der Waals surface area contributed by atoms with E-state index in [0.717, 1.165) is 16.3 Å². The molecule has 0 saturated heterocycles. The number of nitrogens with one attached hydrogen (secondary N) is 1. The number of aryl methyl sites for hydroxylation is 1. The zero-order chi connectivity index (χ0) is 25.6. The lowest BCUT2D eigenvalue weighted by Gasteiger charge is -2.37. The molecule has 2 atom stereocenters. The van der Waals surface area contributed by atoms with Crippen LogP contribution in [0.1, 0.15) is 53.5 Å². The maximum atomic E-state index is 13.5. The van der Waals surface area contributed by atoms with Crippen molar-refractivity contribution in [1.29, 1.82) is 0 Å². The maximum Gasteiger partial charge on any atom is 0.331 e. The average molecular weight is 467 g/mol. The smallest absolute Gasteiger partial charge is 0.331 e. The van der Waals surface area contributed by atoms with Gasteiger partial charge in [0.2, 0.25) is 11.8 Å². The minimum Gasteiger partial charge on any atom is -0.478 e. The predicted molar refractivity (Wildman–Crippen MR) is 136 cm³/mol. The monoisotopic (exact) mass is 466 g/mol. The van der Waals surface area contributed by atoms with Gasteiger partial charge in [0, 0.05) is 19.0 Å². The van der Waals surface area contributed by atoms with E-state index in [9.17, 15) is 19.5 Å². The van der Waals surface area contributed by atoms with Crippen LogP contribution in [-0.2, 0) is 20.8 Å². The van der Waals surface area contributed by atoms with E-state index in [2.05, 4.69) is 23.5 Å². The first-order valence-corrected chi connectivity index (χ1v) is 11.8. The van der Waals surface area contributed by atoms with Crippen molar-refractivity contribution in [2.75, 3.05) is 7.05 Å². The molecule has 0 aromatic heterocycles. The van der Waals surface area contributed by atoms with Crippen molar-refractivity contribution < 1.29 is 19.5 Å². The highest BCUT2D eigenvalue weighted by molar-refractivity contribution is 5.90. The van der Waals surface area contributed by atoms with Gasteiger partial charge < -0.3 is 15.3 Å². The van der Waals surface area contributed by atoms with Gasteiger partial charge >= 0.3 is 5.97 Å². The predicted octanol–water partition coefficient (Wildman–Crippen LogP) is 4.82. The topological polar surface area (TPSA) is 86.7 Å². The number of carbonyl (C=O) groups excluding carboxylic acids is 2. The van der Waals surface area contributed by atoms with Crippen molar-refractivity contribution >= 4 is 28.6 Å². The summed E-state index contributed by atoms with van der Waals surface area (Å²) in [6.45, 7) is 11.1. The first-order chi connectivity index (χ1) is 15.8. The fourth-order valence-corrected chi connectivity index (χ4v) is 4.07. The summed E-state index contributed by atoms with van der Waals surface area (Å²) in [5.74, 6) is -1.43. The number of hydrogen-bond donors (Lipinski definition) is 2. The number of amides is 2. The van der Waals surface area contributed by atoms with Crippen LogP contribution in [0.2, 0.25) is 0 Å². The number of carboxylic acid groups (broad SMARTS) is 1. The lowest BCUT2D eigenvalue weighted by atomic mass is 9.85. The summed E-state index contributed by atoms with van der Waals surface area (Å²) in [5.41, 5.74) is 0.760. The van der Waals surface area contributed by atoms with Gasteiger partial charge in [0.05, 0.1) is 6.04 Å². The third-order valence-electron chi connectivity index (χ3n) is 6.16. The Kier molecular flexibility index (Phi) is 9.02. The number of benzene rings is 2. The normalized spacial score (nSPS) is 14.1. The highest BCUT2D eigenvalue weighted by atomic mass is 16.4. The molecule has 0 radical (unpaired) electrons. The number of rotatable bonds is 9. The third kappa shape index (κ3) is 6.92. The number of fused-ring (bicyclic) bond motifs is 1. The van der Waals surface area contributed by atoms with Crippen molar-refractivity contribution in [2.45, 2.75) is 66.5 Å². The number of likely N-dealkylation sites (N-methyl/N-ethyl adjacent to an activating group) is 1. The van der Waals surface area contributed by atoms with Gasteiger partial charge in [0.1, 0.15) is 6.04 Å². The van der Waals surface area contributed by atoms with E-state index >= 15 is 0 Å². The molecule has 6 nitrogen and oxygen atoms in total. The van der Waals surface area contributed by atoms with E-state index in [-0.39, 0.29) is 29.7 Å². The van der Waals surface area contributed by atoms with Gasteiger partial charge in [-0.1, -0.05) is 83.2 Å². The van der Waals surface area contributed by atoms with E-state index in [1.165, 1.54) is 6.92 Å². The lowest BCUT2D eigenvalue weighted by molar-refractivity contribution is -0.140. The van der Waals surface area contributed by atoms with Gasteiger partial charge in [-0.25, -0.2) is 4.79 Å². The van der Waals surface area contributed by atoms with E-state index in [0.29, 0.717) is 6.42 Å². The van der Waals surface area contributed by atoms with E-state index in [1.807, 2.05) is 58.9 Å². The Bertz CT molecular complexity index is 1060. The summed E-state index contributed by atoms with van der Waals surface area (Å²) in [7, 11) is 1.67. The van der Waals surface area contributed by atoms with Crippen molar-refractivity contribution in [2.24, 2.45) is 11.3 Å². The zero-order valence-corrected chi connectivity index (χ0v) is 21.4. The van der Waals surface area contributed by atoms with Crippen LogP contribution in [0.25, 0.3) is 10.8 Å². The quantitative estimate of drug-likeness (QED) is 0.519. The minimum atomic E-state index is -1.01. The zero-order valence-electron chi connectivity index (χ0n) is 21.4. The summed E-state index contributed by atoms with van der Waals surface area (Å²) in [4.78, 5) is 39.3. The molecule has 2 aromatic rings. The molecule has 0 saturated carbocycles. The molecule has 34 heavy (non-hydrogen) atoms. The molecule has 2 aromatic carbocycles. The molecular formula is C28H38N2O4. The van der Waals surface area contributed by atoms with Crippen LogP contribution in [0.4, 0.5) is 0 Å². The molecule has 2 rings (SSSR count). The van der Waals surface area contributed by atoms with Crippen molar-refractivity contribution in [3.05, 3.63) is 59.7 Å². The molecule has 0 fully saturated rings. The molecule has 0 bridgehead atoms. The second-order valence-electron chi connectivity index (χ2n) is 10.3. The number of carbonyl (C=O) groups is 3. The minimum absolute atomic E-state index is 0.00549. The average Bonchev–Trinajstić information content (AvgIpc) is 2.77. The van der Waals surface area contributed by atoms with E-state index in [4.69, 9.17) is 0 Å². The second kappa shape index (κ2) is 11.3. The standard InChI is InChI=1S/C28H38N2O4/c1-18(2)23(17-19(3)27(33)34)30(7)26(32)25(28(4,5)6)29-24(31)16-15-21-13-10-12-20-11-8-9-14-22(20)21/h8-14,17-18,23,25H,15-16H2,1-7H3,(H,29,31)(H,33,34)/t23-,25-/m1/s1. The SMILES string of the molecule is CC(=C[C@H](C(C)C)N(C)C(=O)[C@@H](NC(=O)CCc1cccc2ccccc12)C(C)(C)C)C(=O)O. The second-order valence-corrected chi connectivity index (χ2v) is 10.3.